The lowest BCUT2D eigenvalue weighted by atomic mass is 10.1. The van der Waals surface area contributed by atoms with Crippen LogP contribution in [0.1, 0.15) is 109 Å². The number of nitrogens with zero attached hydrogens (tertiary/aromatic N) is 2. The van der Waals surface area contributed by atoms with Crippen molar-refractivity contribution in [2.24, 2.45) is 0 Å². The molecule has 4 aromatic rings. The van der Waals surface area contributed by atoms with Crippen LogP contribution in [0.3, 0.4) is 0 Å². The van der Waals surface area contributed by atoms with Crippen LogP contribution < -0.4 is 20.0 Å². The lowest BCUT2D eigenvalue weighted by molar-refractivity contribution is -0.921. The number of fused-ring (bicyclic) bond motifs is 2. The molecular formula is C48H84N2O8. The molecule has 0 atom stereocenters. The fraction of sp³-hybridized carbons (Fsp3) is 0.583. The van der Waals surface area contributed by atoms with Crippen LogP contribution in [0.5, 0.6) is 11.5 Å². The highest BCUT2D eigenvalue weighted by molar-refractivity contribution is 5.84. The lowest BCUT2D eigenvalue weighted by Crippen LogP contribution is -2.47. The van der Waals surface area contributed by atoms with Crippen molar-refractivity contribution in [3.63, 3.8) is 0 Å². The standard InChI is InChI=1S/2C14H16O.2C8H20N.C2H6.2CH4O3/c2*1-2-3-10-15-14-9-8-12-6-4-5-7-13(12)11-14;2*1-5-9(6-2,7-3)8-4;1-2;2*1-3-4-2/h2*4-9,11H,2-3,10H2,1H3;2*5-8H2,1-4H3;1-2H3;2*2H,1H3/q;;2*+1;;;/p-2. The second kappa shape index (κ2) is 40.5. The molecule has 0 aliphatic heterocycles. The van der Waals surface area contributed by atoms with Crippen LogP contribution in [-0.4, -0.2) is 88.8 Å². The van der Waals surface area contributed by atoms with Gasteiger partial charge in [-0.2, -0.15) is 0 Å². The van der Waals surface area contributed by atoms with Crippen LogP contribution in [0.4, 0.5) is 0 Å². The number of benzene rings is 4. The summed E-state index contributed by atoms with van der Waals surface area (Å²) in [4.78, 5) is 6.97. The molecule has 0 heterocycles. The number of ether oxygens (including phenoxy) is 2. The lowest BCUT2D eigenvalue weighted by Gasteiger charge is -2.34. The zero-order valence-electron chi connectivity index (χ0n) is 39.1. The molecule has 0 saturated carbocycles. The van der Waals surface area contributed by atoms with Crippen LogP contribution in [0, 0.1) is 0 Å². The Balaban J connectivity index is -0.000000660. The van der Waals surface area contributed by atoms with E-state index in [1.807, 2.05) is 26.0 Å². The molecule has 334 valence electrons. The molecule has 0 aromatic heterocycles. The van der Waals surface area contributed by atoms with E-state index in [2.05, 4.69) is 162 Å². The zero-order valence-corrected chi connectivity index (χ0v) is 39.1. The number of hydrogen-bond donors (Lipinski definition) is 0. The van der Waals surface area contributed by atoms with Crippen LogP contribution in [-0.2, 0) is 19.9 Å². The van der Waals surface area contributed by atoms with E-state index in [-0.39, 0.29) is 0 Å². The first-order valence-corrected chi connectivity index (χ1v) is 21.7. The van der Waals surface area contributed by atoms with Gasteiger partial charge in [-0.3, -0.25) is 10.1 Å². The van der Waals surface area contributed by atoms with Gasteiger partial charge in [0.1, 0.15) is 11.5 Å². The maximum atomic E-state index is 8.58. The predicted octanol–water partition coefficient (Wildman–Crippen LogP) is 10.5. The quantitative estimate of drug-likeness (QED) is 0.0423. The summed E-state index contributed by atoms with van der Waals surface area (Å²) in [6.07, 6.45) is 4.58. The molecular weight excluding hydrogens is 733 g/mol. The van der Waals surface area contributed by atoms with Crippen molar-refractivity contribution in [3.8, 4) is 11.5 Å². The molecule has 10 heteroatoms. The first-order chi connectivity index (χ1) is 28.1. The maximum Gasteiger partial charge on any atom is 0.119 e. The Labute approximate surface area is 354 Å². The largest absolute Gasteiger partial charge is 0.692 e. The molecule has 4 rings (SSSR count). The molecule has 0 radical (unpaired) electrons. The summed E-state index contributed by atoms with van der Waals surface area (Å²) < 4.78 is 13.9. The first-order valence-electron chi connectivity index (χ1n) is 21.7. The molecule has 4 aromatic carbocycles. The molecule has 0 fully saturated rings. The number of quaternary nitrogens is 2. The predicted molar refractivity (Wildman–Crippen MR) is 241 cm³/mol. The zero-order chi connectivity index (χ0) is 44.5. The van der Waals surface area contributed by atoms with E-state index in [9.17, 15) is 0 Å². The second-order valence-electron chi connectivity index (χ2n) is 13.1. The van der Waals surface area contributed by atoms with Gasteiger partial charge >= 0.3 is 0 Å². The molecule has 10 nitrogen and oxygen atoms in total. The van der Waals surface area contributed by atoms with E-state index in [1.165, 1.54) is 95.7 Å². The van der Waals surface area contributed by atoms with E-state index in [0.29, 0.717) is 0 Å². The number of hydrogen-bond acceptors (Lipinski definition) is 8. The Kier molecular flexibility index (Phi) is 41.2. The van der Waals surface area contributed by atoms with Crippen molar-refractivity contribution < 1.29 is 48.8 Å². The molecule has 0 spiro atoms. The third kappa shape index (κ3) is 26.6. The van der Waals surface area contributed by atoms with Gasteiger partial charge in [-0.15, -0.1) is 0 Å². The summed E-state index contributed by atoms with van der Waals surface area (Å²) >= 11 is 0. The van der Waals surface area contributed by atoms with Gasteiger partial charge < -0.3 is 29.0 Å². The Morgan fingerprint density at radius 1 is 0.414 bits per heavy atom. The van der Waals surface area contributed by atoms with E-state index in [1.54, 1.807) is 0 Å². The van der Waals surface area contributed by atoms with Crippen LogP contribution in [0.15, 0.2) is 84.9 Å². The summed E-state index contributed by atoms with van der Waals surface area (Å²) in [6.45, 7) is 38.4. The average molecular weight is 817 g/mol. The van der Waals surface area contributed by atoms with Crippen molar-refractivity contribution in [1.82, 2.24) is 0 Å². The van der Waals surface area contributed by atoms with Crippen molar-refractivity contribution in [1.29, 1.82) is 0 Å². The Morgan fingerprint density at radius 3 is 0.879 bits per heavy atom. The minimum Gasteiger partial charge on any atom is -0.692 e. The summed E-state index contributed by atoms with van der Waals surface area (Å²) in [6, 6.07) is 29.2. The first kappa shape index (κ1) is 59.0. The monoisotopic (exact) mass is 817 g/mol. The van der Waals surface area contributed by atoms with E-state index >= 15 is 0 Å². The van der Waals surface area contributed by atoms with Crippen LogP contribution in [0.2, 0.25) is 0 Å². The van der Waals surface area contributed by atoms with Gasteiger partial charge in [0.25, 0.3) is 0 Å². The number of rotatable bonds is 18. The summed E-state index contributed by atoms with van der Waals surface area (Å²) in [5.74, 6) is 1.95. The maximum absolute atomic E-state index is 8.58. The topological polar surface area (TPSA) is 102 Å². The summed E-state index contributed by atoms with van der Waals surface area (Å²) in [7, 11) is 2.29. The highest BCUT2D eigenvalue weighted by atomic mass is 17.5. The smallest absolute Gasteiger partial charge is 0.119 e. The molecule has 0 aliphatic carbocycles. The molecule has 0 bridgehead atoms. The van der Waals surface area contributed by atoms with Crippen molar-refractivity contribution in [3.05, 3.63) is 84.9 Å². The molecule has 58 heavy (non-hydrogen) atoms. The normalized spacial score (nSPS) is 10.3. The molecule has 0 N–H and O–H groups in total. The van der Waals surface area contributed by atoms with E-state index in [0.717, 1.165) is 51.8 Å². The van der Waals surface area contributed by atoms with Crippen molar-refractivity contribution in [2.75, 3.05) is 79.8 Å². The van der Waals surface area contributed by atoms with E-state index in [4.69, 9.17) is 20.0 Å². The minimum atomic E-state index is 0.814. The molecule has 0 amide bonds. The Morgan fingerprint density at radius 2 is 0.672 bits per heavy atom. The van der Waals surface area contributed by atoms with Gasteiger partial charge in [0.2, 0.25) is 0 Å². The van der Waals surface area contributed by atoms with Crippen molar-refractivity contribution >= 4 is 21.5 Å². The van der Waals surface area contributed by atoms with Gasteiger partial charge in [0.15, 0.2) is 0 Å². The molecule has 0 aliphatic rings. The van der Waals surface area contributed by atoms with Gasteiger partial charge in [-0.25, -0.2) is 9.78 Å². The molecule has 0 saturated heterocycles. The number of unbranched alkanes of at least 4 members (excludes halogenated alkanes) is 2. The minimum absolute atomic E-state index is 0.814. The second-order valence-corrected chi connectivity index (χ2v) is 13.1. The van der Waals surface area contributed by atoms with Crippen LogP contribution >= 0.6 is 0 Å². The third-order valence-corrected chi connectivity index (χ3v) is 10.5. The van der Waals surface area contributed by atoms with Crippen molar-refractivity contribution in [2.45, 2.75) is 109 Å². The summed E-state index contributed by atoms with van der Waals surface area (Å²) in [5.41, 5.74) is 0. The van der Waals surface area contributed by atoms with Gasteiger partial charge in [-0.05, 0) is 114 Å². The Bertz CT molecular complexity index is 1300. The molecule has 0 unspecified atom stereocenters. The van der Waals surface area contributed by atoms with Gasteiger partial charge in [-0.1, -0.05) is 101 Å². The van der Waals surface area contributed by atoms with Crippen LogP contribution in [0.25, 0.3) is 21.5 Å². The average Bonchev–Trinajstić information content (AvgIpc) is 3.30. The SMILES string of the molecule is CC.CCCCOc1ccc2ccccc2c1.CCCCOc1ccc2ccccc2c1.CC[N+](CC)(CC)CC.CC[N+](CC)(CC)CC.COO[O-].COO[O-]. The fourth-order valence-corrected chi connectivity index (χ4v) is 5.87. The van der Waals surface area contributed by atoms with Gasteiger partial charge in [0, 0.05) is 0 Å². The fourth-order valence-electron chi connectivity index (χ4n) is 5.87. The highest BCUT2D eigenvalue weighted by Gasteiger charge is 2.17. The van der Waals surface area contributed by atoms with E-state index < -0.39 is 0 Å². The summed E-state index contributed by atoms with van der Waals surface area (Å²) in [5, 5.41) is 27.7. The highest BCUT2D eigenvalue weighted by Crippen LogP contribution is 2.21. The third-order valence-electron chi connectivity index (χ3n) is 10.5. The van der Waals surface area contributed by atoms with Gasteiger partial charge in [0.05, 0.1) is 79.8 Å². The Hall–Kier alpha value is -3.32.